The van der Waals surface area contributed by atoms with Crippen LogP contribution in [0.1, 0.15) is 16.2 Å². The summed E-state index contributed by atoms with van der Waals surface area (Å²) >= 11 is 0. The van der Waals surface area contributed by atoms with Gasteiger partial charge in [0, 0.05) is 45.1 Å². The maximum absolute atomic E-state index is 12.2. The minimum atomic E-state index is -0.0256. The Kier molecular flexibility index (Phi) is 3.59. The minimum Gasteiger partial charge on any atom is -0.459 e. The Labute approximate surface area is 133 Å². The maximum atomic E-state index is 12.2. The number of amides is 1. The zero-order valence-electron chi connectivity index (χ0n) is 12.8. The molecule has 0 unspecified atom stereocenters. The van der Waals surface area contributed by atoms with Gasteiger partial charge in [-0.15, -0.1) is 0 Å². The Hall–Kier alpha value is -2.60. The van der Waals surface area contributed by atoms with E-state index in [2.05, 4.69) is 16.1 Å². The van der Waals surface area contributed by atoms with Crippen molar-refractivity contribution in [1.29, 1.82) is 0 Å². The summed E-state index contributed by atoms with van der Waals surface area (Å²) in [5, 5.41) is 0. The molecule has 1 aliphatic heterocycles. The van der Waals surface area contributed by atoms with Crippen molar-refractivity contribution in [3.63, 3.8) is 0 Å². The highest BCUT2D eigenvalue weighted by atomic mass is 16.3. The van der Waals surface area contributed by atoms with Crippen LogP contribution in [0.3, 0.4) is 0 Å². The van der Waals surface area contributed by atoms with Gasteiger partial charge in [0.25, 0.3) is 5.91 Å². The van der Waals surface area contributed by atoms with E-state index in [1.807, 2.05) is 33.7 Å². The molecule has 0 radical (unpaired) electrons. The lowest BCUT2D eigenvalue weighted by atomic mass is 10.2. The van der Waals surface area contributed by atoms with E-state index in [0.717, 1.165) is 31.0 Å². The number of aromatic nitrogens is 2. The molecule has 4 heterocycles. The molecule has 0 atom stereocenters. The number of carbonyl (C=O) groups excluding carboxylic acids is 1. The summed E-state index contributed by atoms with van der Waals surface area (Å²) in [7, 11) is 0. The number of pyridine rings is 1. The average molecular weight is 310 g/mol. The second-order valence-electron chi connectivity index (χ2n) is 5.74. The van der Waals surface area contributed by atoms with Gasteiger partial charge in [-0.3, -0.25) is 9.69 Å². The van der Waals surface area contributed by atoms with Crippen molar-refractivity contribution < 1.29 is 9.21 Å². The molecular formula is C17H18N4O2. The van der Waals surface area contributed by atoms with Crippen LogP contribution in [0.15, 0.2) is 53.4 Å². The van der Waals surface area contributed by atoms with Crippen molar-refractivity contribution in [1.82, 2.24) is 19.2 Å². The summed E-state index contributed by atoms with van der Waals surface area (Å²) in [6.07, 6.45) is 5.61. The predicted molar refractivity (Wildman–Crippen MR) is 85.1 cm³/mol. The smallest absolute Gasteiger partial charge is 0.289 e. The van der Waals surface area contributed by atoms with E-state index < -0.39 is 0 Å². The van der Waals surface area contributed by atoms with E-state index in [9.17, 15) is 4.79 Å². The molecule has 0 spiro atoms. The van der Waals surface area contributed by atoms with Gasteiger partial charge >= 0.3 is 0 Å². The monoisotopic (exact) mass is 310 g/mol. The number of furan rings is 1. The zero-order valence-corrected chi connectivity index (χ0v) is 12.8. The number of hydrogen-bond acceptors (Lipinski definition) is 4. The Morgan fingerprint density at radius 3 is 2.74 bits per heavy atom. The van der Waals surface area contributed by atoms with Gasteiger partial charge in [-0.25, -0.2) is 4.98 Å². The number of imidazole rings is 1. The highest BCUT2D eigenvalue weighted by Gasteiger charge is 2.23. The van der Waals surface area contributed by atoms with Gasteiger partial charge in [0.15, 0.2) is 5.76 Å². The summed E-state index contributed by atoms with van der Waals surface area (Å²) < 4.78 is 7.22. The van der Waals surface area contributed by atoms with Crippen LogP contribution in [0.5, 0.6) is 0 Å². The molecule has 1 amide bonds. The SMILES string of the molecule is O=C(c1ccco1)N1CCN(Cc2cn3ccccc3n2)CC1. The molecule has 0 aliphatic carbocycles. The van der Waals surface area contributed by atoms with Crippen LogP contribution < -0.4 is 0 Å². The number of carbonyl (C=O) groups is 1. The van der Waals surface area contributed by atoms with Crippen molar-refractivity contribution in [2.45, 2.75) is 6.54 Å². The van der Waals surface area contributed by atoms with Gasteiger partial charge in [0.05, 0.1) is 12.0 Å². The fraction of sp³-hybridized carbons (Fsp3) is 0.294. The zero-order chi connectivity index (χ0) is 15.6. The van der Waals surface area contributed by atoms with Crippen LogP contribution in [-0.4, -0.2) is 51.3 Å². The minimum absolute atomic E-state index is 0.0256. The highest BCUT2D eigenvalue weighted by Crippen LogP contribution is 2.12. The van der Waals surface area contributed by atoms with Crippen molar-refractivity contribution in [3.8, 4) is 0 Å². The van der Waals surface area contributed by atoms with E-state index >= 15 is 0 Å². The molecule has 0 N–H and O–H groups in total. The summed E-state index contributed by atoms with van der Waals surface area (Å²) in [6, 6.07) is 9.45. The Balaban J connectivity index is 1.37. The Bertz CT molecular complexity index is 768. The number of rotatable bonds is 3. The van der Waals surface area contributed by atoms with Crippen LogP contribution >= 0.6 is 0 Å². The normalized spacial score (nSPS) is 16.1. The molecular weight excluding hydrogens is 292 g/mol. The van der Waals surface area contributed by atoms with Crippen LogP contribution in [-0.2, 0) is 6.54 Å². The van der Waals surface area contributed by atoms with E-state index in [0.29, 0.717) is 18.8 Å². The van der Waals surface area contributed by atoms with Crippen LogP contribution in [0.4, 0.5) is 0 Å². The van der Waals surface area contributed by atoms with Crippen molar-refractivity contribution in [2.75, 3.05) is 26.2 Å². The molecule has 6 nitrogen and oxygen atoms in total. The summed E-state index contributed by atoms with van der Waals surface area (Å²) in [6.45, 7) is 3.94. The average Bonchev–Trinajstić information content (AvgIpc) is 3.24. The maximum Gasteiger partial charge on any atom is 0.289 e. The quantitative estimate of drug-likeness (QED) is 0.741. The van der Waals surface area contributed by atoms with Crippen molar-refractivity contribution in [2.24, 2.45) is 0 Å². The standard InChI is InChI=1S/C17H18N4O2/c22-17(15-4-3-11-23-15)20-9-7-19(8-10-20)12-14-13-21-6-2-1-5-16(21)18-14/h1-6,11,13H,7-10,12H2. The molecule has 118 valence electrons. The van der Waals surface area contributed by atoms with E-state index in [1.54, 1.807) is 12.1 Å². The summed E-state index contributed by atoms with van der Waals surface area (Å²) in [4.78, 5) is 21.0. The second-order valence-corrected chi connectivity index (χ2v) is 5.74. The highest BCUT2D eigenvalue weighted by molar-refractivity contribution is 5.91. The number of hydrogen-bond donors (Lipinski definition) is 0. The lowest BCUT2D eigenvalue weighted by Gasteiger charge is -2.33. The van der Waals surface area contributed by atoms with Gasteiger partial charge in [-0.1, -0.05) is 6.07 Å². The first-order valence-corrected chi connectivity index (χ1v) is 7.77. The molecule has 0 bridgehead atoms. The first kappa shape index (κ1) is 14.0. The first-order chi connectivity index (χ1) is 11.3. The molecule has 3 aromatic heterocycles. The third-order valence-corrected chi connectivity index (χ3v) is 4.19. The Morgan fingerprint density at radius 2 is 2.00 bits per heavy atom. The van der Waals surface area contributed by atoms with E-state index in [4.69, 9.17) is 4.42 Å². The number of nitrogens with zero attached hydrogens (tertiary/aromatic N) is 4. The fourth-order valence-corrected chi connectivity index (χ4v) is 2.96. The summed E-state index contributed by atoms with van der Waals surface area (Å²) in [5.41, 5.74) is 2.02. The number of fused-ring (bicyclic) bond motifs is 1. The topological polar surface area (TPSA) is 54.0 Å². The molecule has 6 heteroatoms. The van der Waals surface area contributed by atoms with Crippen LogP contribution in [0, 0.1) is 0 Å². The van der Waals surface area contributed by atoms with E-state index in [-0.39, 0.29) is 5.91 Å². The molecule has 0 aromatic carbocycles. The lowest BCUT2D eigenvalue weighted by Crippen LogP contribution is -2.48. The van der Waals surface area contributed by atoms with E-state index in [1.165, 1.54) is 6.26 Å². The third-order valence-electron chi connectivity index (χ3n) is 4.19. The molecule has 1 aliphatic rings. The predicted octanol–water partition coefficient (Wildman–Crippen LogP) is 1.89. The fourth-order valence-electron chi connectivity index (χ4n) is 2.96. The molecule has 1 fully saturated rings. The van der Waals surface area contributed by atoms with Gasteiger partial charge in [0.2, 0.25) is 0 Å². The van der Waals surface area contributed by atoms with Gasteiger partial charge in [-0.2, -0.15) is 0 Å². The number of piperazine rings is 1. The molecule has 23 heavy (non-hydrogen) atoms. The van der Waals surface area contributed by atoms with Crippen LogP contribution in [0.25, 0.3) is 5.65 Å². The molecule has 3 aromatic rings. The molecule has 1 saturated heterocycles. The summed E-state index contributed by atoms with van der Waals surface area (Å²) in [5.74, 6) is 0.390. The molecule has 4 rings (SSSR count). The first-order valence-electron chi connectivity index (χ1n) is 7.77. The third kappa shape index (κ3) is 2.85. The largest absolute Gasteiger partial charge is 0.459 e. The van der Waals surface area contributed by atoms with Gasteiger partial charge in [0.1, 0.15) is 5.65 Å². The lowest BCUT2D eigenvalue weighted by molar-refractivity contribution is 0.0596. The second kappa shape index (κ2) is 5.89. The van der Waals surface area contributed by atoms with Crippen molar-refractivity contribution >= 4 is 11.6 Å². The Morgan fingerprint density at radius 1 is 1.13 bits per heavy atom. The van der Waals surface area contributed by atoms with Crippen molar-refractivity contribution in [3.05, 3.63) is 60.4 Å². The van der Waals surface area contributed by atoms with Crippen LogP contribution in [0.2, 0.25) is 0 Å². The van der Waals surface area contributed by atoms with Gasteiger partial charge in [-0.05, 0) is 24.3 Å². The molecule has 0 saturated carbocycles. The van der Waals surface area contributed by atoms with Gasteiger partial charge < -0.3 is 13.7 Å².